The third kappa shape index (κ3) is 5.84. The van der Waals surface area contributed by atoms with E-state index in [0.717, 1.165) is 6.07 Å². The molecule has 0 bridgehead atoms. The molecule has 0 saturated heterocycles. The minimum Gasteiger partial charge on any atom is -0.494 e. The number of ether oxygens (including phenoxy) is 1. The summed E-state index contributed by atoms with van der Waals surface area (Å²) < 4.78 is 46.0. The number of carbonyl (C=O) groups is 1. The molecule has 31 heavy (non-hydrogen) atoms. The molecule has 0 radical (unpaired) electrons. The number of hydrogen-bond donors (Lipinski definition) is 2. The second-order valence-electron chi connectivity index (χ2n) is 6.33. The van der Waals surface area contributed by atoms with Crippen LogP contribution in [0.25, 0.3) is 6.08 Å². The fourth-order valence-corrected chi connectivity index (χ4v) is 3.92. The topological polar surface area (TPSA) is 84.5 Å². The normalized spacial score (nSPS) is 11.3. The van der Waals surface area contributed by atoms with Gasteiger partial charge in [-0.15, -0.1) is 0 Å². The van der Waals surface area contributed by atoms with E-state index in [1.807, 2.05) is 0 Å². The smallest absolute Gasteiger partial charge is 0.261 e. The van der Waals surface area contributed by atoms with Crippen LogP contribution in [0, 0.1) is 5.82 Å². The molecule has 3 rings (SSSR count). The molecule has 0 aliphatic rings. The summed E-state index contributed by atoms with van der Waals surface area (Å²) >= 11 is 5.99. The fraction of sp³-hybridized carbons (Fsp3) is 0.0455. The van der Waals surface area contributed by atoms with Gasteiger partial charge in [-0.3, -0.25) is 9.52 Å². The van der Waals surface area contributed by atoms with E-state index in [-0.39, 0.29) is 27.0 Å². The Morgan fingerprint density at radius 1 is 1.06 bits per heavy atom. The number of nitrogens with one attached hydrogen (secondary N) is 2. The Labute approximate surface area is 184 Å². The second-order valence-corrected chi connectivity index (χ2v) is 8.42. The number of hydrogen-bond acceptors (Lipinski definition) is 4. The lowest BCUT2D eigenvalue weighted by atomic mass is 10.2. The van der Waals surface area contributed by atoms with Crippen LogP contribution >= 0.6 is 11.6 Å². The summed E-state index contributed by atoms with van der Waals surface area (Å²) in [5, 5.41) is 2.82. The molecule has 0 atom stereocenters. The van der Waals surface area contributed by atoms with Crippen molar-refractivity contribution < 1.29 is 22.3 Å². The van der Waals surface area contributed by atoms with Gasteiger partial charge in [0.1, 0.15) is 0 Å². The molecule has 0 aliphatic carbocycles. The van der Waals surface area contributed by atoms with E-state index in [4.69, 9.17) is 16.3 Å². The van der Waals surface area contributed by atoms with Crippen molar-refractivity contribution in [2.45, 2.75) is 4.90 Å². The quantitative estimate of drug-likeness (QED) is 0.489. The first-order chi connectivity index (χ1) is 14.8. The van der Waals surface area contributed by atoms with Gasteiger partial charge in [0, 0.05) is 17.8 Å². The van der Waals surface area contributed by atoms with Crippen LogP contribution in [0.4, 0.5) is 15.8 Å². The summed E-state index contributed by atoms with van der Waals surface area (Å²) in [6.45, 7) is 0. The zero-order chi connectivity index (χ0) is 22.4. The summed E-state index contributed by atoms with van der Waals surface area (Å²) in [6.07, 6.45) is 2.76. The van der Waals surface area contributed by atoms with Crippen molar-refractivity contribution in [1.82, 2.24) is 0 Å². The molecular weight excluding hydrogens is 443 g/mol. The van der Waals surface area contributed by atoms with Gasteiger partial charge in [0.05, 0.1) is 22.7 Å². The van der Waals surface area contributed by atoms with Crippen molar-refractivity contribution in [3.05, 3.63) is 89.2 Å². The predicted molar refractivity (Wildman–Crippen MR) is 119 cm³/mol. The first kappa shape index (κ1) is 22.3. The van der Waals surface area contributed by atoms with Gasteiger partial charge in [-0.2, -0.15) is 0 Å². The van der Waals surface area contributed by atoms with Crippen molar-refractivity contribution in [2.24, 2.45) is 0 Å². The van der Waals surface area contributed by atoms with Crippen LogP contribution in [0.15, 0.2) is 77.7 Å². The van der Waals surface area contributed by atoms with E-state index in [9.17, 15) is 17.6 Å². The maximum absolute atomic E-state index is 13.7. The van der Waals surface area contributed by atoms with Crippen LogP contribution < -0.4 is 14.8 Å². The van der Waals surface area contributed by atoms with Crippen LogP contribution in [0.2, 0.25) is 5.02 Å². The van der Waals surface area contributed by atoms with E-state index in [1.165, 1.54) is 43.5 Å². The third-order valence-corrected chi connectivity index (χ3v) is 5.87. The van der Waals surface area contributed by atoms with E-state index < -0.39 is 21.7 Å². The minimum atomic E-state index is -3.82. The van der Waals surface area contributed by atoms with Crippen LogP contribution in [-0.4, -0.2) is 21.4 Å². The summed E-state index contributed by atoms with van der Waals surface area (Å²) in [7, 11) is -2.47. The number of halogens is 2. The highest BCUT2D eigenvalue weighted by atomic mass is 35.5. The van der Waals surface area contributed by atoms with E-state index >= 15 is 0 Å². The number of methoxy groups -OCH3 is 1. The lowest BCUT2D eigenvalue weighted by molar-refractivity contribution is -0.111. The Morgan fingerprint density at radius 2 is 1.77 bits per heavy atom. The van der Waals surface area contributed by atoms with Crippen LogP contribution in [0.1, 0.15) is 5.56 Å². The lowest BCUT2D eigenvalue weighted by Gasteiger charge is -2.09. The molecule has 0 saturated carbocycles. The highest BCUT2D eigenvalue weighted by Gasteiger charge is 2.15. The highest BCUT2D eigenvalue weighted by Crippen LogP contribution is 2.24. The van der Waals surface area contributed by atoms with Gasteiger partial charge in [0.25, 0.3) is 10.0 Å². The van der Waals surface area contributed by atoms with Crippen LogP contribution in [0.5, 0.6) is 5.75 Å². The van der Waals surface area contributed by atoms with Crippen molar-refractivity contribution in [3.8, 4) is 5.75 Å². The first-order valence-electron chi connectivity index (χ1n) is 8.98. The van der Waals surface area contributed by atoms with Crippen molar-refractivity contribution in [3.63, 3.8) is 0 Å². The van der Waals surface area contributed by atoms with Gasteiger partial charge in [-0.1, -0.05) is 35.9 Å². The molecule has 0 spiro atoms. The zero-order valence-corrected chi connectivity index (χ0v) is 17.9. The molecule has 0 aliphatic heterocycles. The van der Waals surface area contributed by atoms with Gasteiger partial charge in [-0.25, -0.2) is 12.8 Å². The van der Waals surface area contributed by atoms with Crippen molar-refractivity contribution >= 4 is 45.0 Å². The molecule has 160 valence electrons. The van der Waals surface area contributed by atoms with E-state index in [1.54, 1.807) is 36.4 Å². The van der Waals surface area contributed by atoms with Gasteiger partial charge in [0.2, 0.25) is 5.91 Å². The summed E-state index contributed by atoms with van der Waals surface area (Å²) in [6, 6.07) is 16.5. The molecule has 2 N–H and O–H groups in total. The van der Waals surface area contributed by atoms with Gasteiger partial charge in [0.15, 0.2) is 11.6 Å². The Morgan fingerprint density at radius 3 is 2.42 bits per heavy atom. The number of para-hydroxylation sites is 1. The molecule has 9 heteroatoms. The molecule has 0 aromatic heterocycles. The first-order valence-corrected chi connectivity index (χ1v) is 10.8. The third-order valence-electron chi connectivity index (χ3n) is 4.16. The SMILES string of the molecule is COc1ccc(NC(=O)/C=C/c2ccc(S(=O)(=O)Nc3ccccc3Cl)cc2)cc1F. The largest absolute Gasteiger partial charge is 0.494 e. The molecule has 1 amide bonds. The maximum Gasteiger partial charge on any atom is 0.261 e. The molecule has 0 fully saturated rings. The van der Waals surface area contributed by atoms with Crippen molar-refractivity contribution in [1.29, 1.82) is 0 Å². The van der Waals surface area contributed by atoms with E-state index in [2.05, 4.69) is 10.0 Å². The van der Waals surface area contributed by atoms with E-state index in [0.29, 0.717) is 5.56 Å². The monoisotopic (exact) mass is 460 g/mol. The molecule has 3 aromatic carbocycles. The Bertz CT molecular complexity index is 1230. The maximum atomic E-state index is 13.7. The minimum absolute atomic E-state index is 0.0442. The van der Waals surface area contributed by atoms with Gasteiger partial charge in [-0.05, 0) is 48.0 Å². The lowest BCUT2D eigenvalue weighted by Crippen LogP contribution is -2.13. The number of rotatable bonds is 7. The second kappa shape index (κ2) is 9.63. The fourth-order valence-electron chi connectivity index (χ4n) is 2.61. The summed E-state index contributed by atoms with van der Waals surface area (Å²) in [5.74, 6) is -0.985. The average molecular weight is 461 g/mol. The summed E-state index contributed by atoms with van der Waals surface area (Å²) in [4.78, 5) is 12.1. The predicted octanol–water partition coefficient (Wildman–Crippen LogP) is 4.94. The molecule has 0 heterocycles. The average Bonchev–Trinajstić information content (AvgIpc) is 2.74. The van der Waals surface area contributed by atoms with Crippen LogP contribution in [0.3, 0.4) is 0 Å². The Hall–Kier alpha value is -3.36. The number of anilines is 2. The molecule has 3 aromatic rings. The van der Waals surface area contributed by atoms with Crippen LogP contribution in [-0.2, 0) is 14.8 Å². The van der Waals surface area contributed by atoms with Crippen molar-refractivity contribution in [2.75, 3.05) is 17.1 Å². The van der Waals surface area contributed by atoms with Gasteiger partial charge >= 0.3 is 0 Å². The standard InChI is InChI=1S/C22H18ClFN2O4S/c1-30-21-12-9-16(14-19(21)24)25-22(27)13-8-15-6-10-17(11-7-15)31(28,29)26-20-5-3-2-4-18(20)23/h2-14,26H,1H3,(H,25,27)/b13-8+. The zero-order valence-electron chi connectivity index (χ0n) is 16.3. The number of benzene rings is 3. The van der Waals surface area contributed by atoms with Gasteiger partial charge < -0.3 is 10.1 Å². The Kier molecular flexibility index (Phi) is 6.94. The summed E-state index contributed by atoms with van der Waals surface area (Å²) in [5.41, 5.74) is 1.16. The highest BCUT2D eigenvalue weighted by molar-refractivity contribution is 7.92. The molecular formula is C22H18ClFN2O4S. The molecule has 6 nitrogen and oxygen atoms in total. The Balaban J connectivity index is 1.65. The number of carbonyl (C=O) groups excluding carboxylic acids is 1. The number of sulfonamides is 1. The number of amides is 1. The molecule has 0 unspecified atom stereocenters.